The van der Waals surface area contributed by atoms with Crippen LogP contribution in [-0.2, 0) is 4.79 Å². The number of hydrogen-bond acceptors (Lipinski definition) is 5. The van der Waals surface area contributed by atoms with Gasteiger partial charge in [-0.3, -0.25) is 4.79 Å². The number of amides is 1. The zero-order chi connectivity index (χ0) is 22.8. The topological polar surface area (TPSA) is 63.3 Å². The van der Waals surface area contributed by atoms with Crippen LogP contribution in [0.4, 0.5) is 5.69 Å². The van der Waals surface area contributed by atoms with Crippen LogP contribution in [0.15, 0.2) is 48.5 Å². The highest BCUT2D eigenvalue weighted by atomic mass is 32.1. The Bertz CT molecular complexity index is 1040. The number of hydrogen-bond donors (Lipinski definition) is 1. The van der Waals surface area contributed by atoms with Crippen LogP contribution in [0.25, 0.3) is 0 Å². The van der Waals surface area contributed by atoms with Crippen LogP contribution in [0.2, 0.25) is 0 Å². The molecule has 5 rings (SSSR count). The second-order valence-electron chi connectivity index (χ2n) is 9.02. The third-order valence-corrected chi connectivity index (χ3v) is 7.33. The molecule has 8 heteroatoms. The highest BCUT2D eigenvalue weighted by Gasteiger charge is 2.44. The van der Waals surface area contributed by atoms with Gasteiger partial charge in [-0.05, 0) is 61.2 Å². The fourth-order valence-electron chi connectivity index (χ4n) is 4.96. The van der Waals surface area contributed by atoms with Crippen LogP contribution in [-0.4, -0.2) is 66.8 Å². The molecule has 1 atom stereocenters. The second-order valence-corrected chi connectivity index (χ2v) is 9.41. The van der Waals surface area contributed by atoms with Crippen molar-refractivity contribution in [3.63, 3.8) is 0 Å². The van der Waals surface area contributed by atoms with Crippen molar-refractivity contribution in [1.29, 1.82) is 0 Å². The van der Waals surface area contributed by atoms with Gasteiger partial charge in [0, 0.05) is 37.9 Å². The summed E-state index contributed by atoms with van der Waals surface area (Å²) >= 11 is 5.66. The molecule has 1 unspecified atom stereocenters. The van der Waals surface area contributed by atoms with Gasteiger partial charge in [0.05, 0.1) is 7.11 Å². The van der Waals surface area contributed by atoms with Gasteiger partial charge in [-0.2, -0.15) is 0 Å². The average molecular weight is 468 g/mol. The first-order chi connectivity index (χ1) is 16.0. The molecule has 2 aromatic carbocycles. The van der Waals surface area contributed by atoms with Crippen molar-refractivity contribution in [2.45, 2.75) is 25.4 Å². The zero-order valence-corrected chi connectivity index (χ0v) is 19.6. The molecule has 33 heavy (non-hydrogen) atoms. The number of carbonyl (C=O) groups excluding carboxylic acids is 1. The molecule has 3 aliphatic rings. The number of para-hydroxylation sites is 2. The summed E-state index contributed by atoms with van der Waals surface area (Å²) in [6.45, 7) is 3.57. The fraction of sp³-hybridized carbons (Fsp3) is 0.440. The molecular weight excluding hydrogens is 438 g/mol. The van der Waals surface area contributed by atoms with Crippen molar-refractivity contribution >= 4 is 28.9 Å². The van der Waals surface area contributed by atoms with Crippen molar-refractivity contribution < 1.29 is 19.0 Å². The van der Waals surface area contributed by atoms with E-state index in [-0.39, 0.29) is 17.9 Å². The maximum atomic E-state index is 13.1. The number of fused-ring (bicyclic) bond motifs is 1. The predicted octanol–water partition coefficient (Wildman–Crippen LogP) is 3.55. The number of carbonyl (C=O) groups is 1. The largest absolute Gasteiger partial charge is 0.497 e. The lowest BCUT2D eigenvalue weighted by Gasteiger charge is -2.40. The number of thiocarbonyl (C=S) groups is 1. The molecule has 0 radical (unpaired) electrons. The smallest absolute Gasteiger partial charge is 0.267 e. The summed E-state index contributed by atoms with van der Waals surface area (Å²) in [5.41, 5.74) is 1.08. The molecule has 3 heterocycles. The van der Waals surface area contributed by atoms with Gasteiger partial charge in [-0.15, -0.1) is 0 Å². The van der Waals surface area contributed by atoms with E-state index in [1.165, 1.54) is 0 Å². The highest BCUT2D eigenvalue weighted by Crippen LogP contribution is 2.41. The van der Waals surface area contributed by atoms with Gasteiger partial charge in [0.1, 0.15) is 12.4 Å². The van der Waals surface area contributed by atoms with E-state index in [1.807, 2.05) is 53.4 Å². The monoisotopic (exact) mass is 467 g/mol. The van der Waals surface area contributed by atoms with E-state index in [4.69, 9.17) is 26.4 Å². The number of piperidine rings is 1. The van der Waals surface area contributed by atoms with Gasteiger partial charge in [-0.25, -0.2) is 0 Å². The molecule has 0 bridgehead atoms. The van der Waals surface area contributed by atoms with E-state index in [1.54, 1.807) is 7.11 Å². The van der Waals surface area contributed by atoms with Crippen molar-refractivity contribution in [2.75, 3.05) is 45.2 Å². The number of anilines is 1. The number of likely N-dealkylation sites (tertiary alicyclic amines) is 2. The minimum absolute atomic E-state index is 0.0269. The van der Waals surface area contributed by atoms with Crippen molar-refractivity contribution in [3.05, 3.63) is 48.5 Å². The number of methoxy groups -OCH3 is 1. The molecule has 1 N–H and O–H groups in total. The number of benzene rings is 2. The van der Waals surface area contributed by atoms with Gasteiger partial charge in [0.25, 0.3) is 5.91 Å². The maximum absolute atomic E-state index is 13.1. The summed E-state index contributed by atoms with van der Waals surface area (Å²) in [6.07, 6.45) is 2.48. The summed E-state index contributed by atoms with van der Waals surface area (Å²) in [6, 6.07) is 15.3. The van der Waals surface area contributed by atoms with Gasteiger partial charge in [0.15, 0.2) is 16.6 Å². The van der Waals surface area contributed by atoms with E-state index in [0.29, 0.717) is 11.5 Å². The van der Waals surface area contributed by atoms with Gasteiger partial charge in [0.2, 0.25) is 6.10 Å². The molecule has 2 aromatic rings. The summed E-state index contributed by atoms with van der Waals surface area (Å²) in [7, 11) is 1.66. The number of nitrogens with one attached hydrogen (secondary N) is 1. The first-order valence-corrected chi connectivity index (χ1v) is 11.8. The number of ether oxygens (including phenoxy) is 3. The Balaban J connectivity index is 1.14. The Labute approximate surface area is 199 Å². The highest BCUT2D eigenvalue weighted by molar-refractivity contribution is 7.80. The minimum atomic E-state index is -0.574. The lowest BCUT2D eigenvalue weighted by Crippen LogP contribution is -2.48. The number of nitrogens with zero attached hydrogens (tertiary/aromatic N) is 2. The SMILES string of the molecule is COc1cccc(NC(=S)N2CCC3(CCN(C(=O)C4COc5ccccc5O4)C3)CC2)c1. The Hall–Kier alpha value is -3.00. The Morgan fingerprint density at radius 3 is 2.55 bits per heavy atom. The van der Waals surface area contributed by atoms with E-state index in [0.717, 1.165) is 62.0 Å². The third-order valence-electron chi connectivity index (χ3n) is 6.97. The number of rotatable bonds is 3. The van der Waals surface area contributed by atoms with E-state index in [9.17, 15) is 4.79 Å². The van der Waals surface area contributed by atoms with Crippen LogP contribution in [0, 0.1) is 5.41 Å². The summed E-state index contributed by atoms with van der Waals surface area (Å²) in [4.78, 5) is 17.3. The quantitative estimate of drug-likeness (QED) is 0.693. The average Bonchev–Trinajstić information content (AvgIpc) is 3.27. The summed E-state index contributed by atoms with van der Waals surface area (Å²) in [5.74, 6) is 2.16. The van der Waals surface area contributed by atoms with Crippen LogP contribution in [0.3, 0.4) is 0 Å². The molecule has 0 saturated carbocycles. The first-order valence-electron chi connectivity index (χ1n) is 11.4. The lowest BCUT2D eigenvalue weighted by molar-refractivity contribution is -0.140. The Morgan fingerprint density at radius 2 is 1.79 bits per heavy atom. The molecule has 3 aliphatic heterocycles. The maximum Gasteiger partial charge on any atom is 0.267 e. The van der Waals surface area contributed by atoms with E-state index in [2.05, 4.69) is 10.2 Å². The van der Waals surface area contributed by atoms with Crippen molar-refractivity contribution in [1.82, 2.24) is 9.80 Å². The van der Waals surface area contributed by atoms with Gasteiger partial charge < -0.3 is 29.3 Å². The van der Waals surface area contributed by atoms with Crippen LogP contribution in [0.1, 0.15) is 19.3 Å². The van der Waals surface area contributed by atoms with Crippen molar-refractivity contribution in [2.24, 2.45) is 5.41 Å². The lowest BCUT2D eigenvalue weighted by atomic mass is 9.78. The Kier molecular flexibility index (Phi) is 6.01. The second kappa shape index (κ2) is 9.09. The molecule has 2 saturated heterocycles. The van der Waals surface area contributed by atoms with E-state index < -0.39 is 6.10 Å². The molecule has 174 valence electrons. The third kappa shape index (κ3) is 4.57. The Morgan fingerprint density at radius 1 is 1.06 bits per heavy atom. The first kappa shape index (κ1) is 21.8. The summed E-state index contributed by atoms with van der Waals surface area (Å²) in [5, 5.41) is 4.06. The molecule has 0 aromatic heterocycles. The zero-order valence-electron chi connectivity index (χ0n) is 18.8. The predicted molar refractivity (Wildman–Crippen MR) is 130 cm³/mol. The molecular formula is C25H29N3O4S. The van der Waals surface area contributed by atoms with Gasteiger partial charge >= 0.3 is 0 Å². The standard InChI is InChI=1S/C25H29N3O4S/c1-30-19-6-4-5-18(15-19)26-24(33)27-12-9-25(10-13-27)11-14-28(17-25)23(29)22-16-31-20-7-2-3-8-21(20)32-22/h2-8,15,22H,9-14,16-17H2,1H3,(H,26,33). The molecule has 2 fully saturated rings. The minimum Gasteiger partial charge on any atom is -0.497 e. The van der Waals surface area contributed by atoms with E-state index >= 15 is 0 Å². The molecule has 0 aliphatic carbocycles. The van der Waals surface area contributed by atoms with Crippen LogP contribution < -0.4 is 19.5 Å². The van der Waals surface area contributed by atoms with Crippen molar-refractivity contribution in [3.8, 4) is 17.2 Å². The van der Waals surface area contributed by atoms with Crippen LogP contribution in [0.5, 0.6) is 17.2 Å². The van der Waals surface area contributed by atoms with Crippen LogP contribution >= 0.6 is 12.2 Å². The normalized spacial score (nSPS) is 21.1. The molecule has 7 nitrogen and oxygen atoms in total. The molecule has 1 amide bonds. The molecule has 1 spiro atoms. The summed E-state index contributed by atoms with van der Waals surface area (Å²) < 4.78 is 17.0. The van der Waals surface area contributed by atoms with Gasteiger partial charge in [-0.1, -0.05) is 18.2 Å². The fourth-order valence-corrected chi connectivity index (χ4v) is 5.26.